The van der Waals surface area contributed by atoms with Gasteiger partial charge in [0.25, 0.3) is 0 Å². The summed E-state index contributed by atoms with van der Waals surface area (Å²) in [5.41, 5.74) is 3.50. The number of nitrogens with zero attached hydrogens (tertiary/aromatic N) is 2. The first-order chi connectivity index (χ1) is 10.3. The first kappa shape index (κ1) is 14.0. The first-order valence-electron chi connectivity index (χ1n) is 7.00. The van der Waals surface area contributed by atoms with Crippen LogP contribution in [0.3, 0.4) is 0 Å². The molecular weight excluding hydrogens is 280 g/mol. The Bertz CT molecular complexity index is 628. The van der Waals surface area contributed by atoms with Crippen LogP contribution in [0.5, 0.6) is 0 Å². The van der Waals surface area contributed by atoms with Crippen molar-refractivity contribution in [3.63, 3.8) is 0 Å². The molecule has 0 fully saturated rings. The second kappa shape index (κ2) is 6.68. The van der Waals surface area contributed by atoms with Crippen LogP contribution in [0.15, 0.2) is 58.6 Å². The number of anilines is 1. The van der Waals surface area contributed by atoms with Gasteiger partial charge in [-0.2, -0.15) is 0 Å². The monoisotopic (exact) mass is 298 g/mol. The Morgan fingerprint density at radius 3 is 2.95 bits per heavy atom. The lowest BCUT2D eigenvalue weighted by molar-refractivity contribution is 0.132. The summed E-state index contributed by atoms with van der Waals surface area (Å²) in [6.07, 6.45) is 1.78. The molecule has 2 aromatic carbocycles. The maximum absolute atomic E-state index is 5.34. The van der Waals surface area contributed by atoms with Gasteiger partial charge in [0.15, 0.2) is 0 Å². The van der Waals surface area contributed by atoms with E-state index in [2.05, 4.69) is 35.3 Å². The van der Waals surface area contributed by atoms with E-state index in [9.17, 15) is 0 Å². The van der Waals surface area contributed by atoms with Gasteiger partial charge in [0.1, 0.15) is 6.61 Å². The van der Waals surface area contributed by atoms with E-state index in [4.69, 9.17) is 4.84 Å². The highest BCUT2D eigenvalue weighted by molar-refractivity contribution is 7.99. The summed E-state index contributed by atoms with van der Waals surface area (Å²) in [5.74, 6) is 1.13. The van der Waals surface area contributed by atoms with Crippen LogP contribution in [-0.2, 0) is 11.4 Å². The predicted octanol–water partition coefficient (Wildman–Crippen LogP) is 3.78. The lowest BCUT2D eigenvalue weighted by Crippen LogP contribution is -2.24. The molecule has 0 aliphatic carbocycles. The fraction of sp³-hybridized carbons (Fsp3) is 0.235. The Hall–Kier alpha value is -1.94. The number of rotatable bonds is 4. The third-order valence-electron chi connectivity index (χ3n) is 3.43. The Morgan fingerprint density at radius 1 is 1.24 bits per heavy atom. The zero-order chi connectivity index (χ0) is 14.5. The Morgan fingerprint density at radius 2 is 2.10 bits per heavy atom. The number of hydrogen-bond acceptors (Lipinski definition) is 4. The molecule has 0 atom stereocenters. The Balaban J connectivity index is 1.61. The molecule has 0 aromatic heterocycles. The molecule has 4 heteroatoms. The first-order valence-corrected chi connectivity index (χ1v) is 7.99. The largest absolute Gasteiger partial charge is 0.391 e. The maximum atomic E-state index is 5.34. The van der Waals surface area contributed by atoms with E-state index >= 15 is 0 Å². The minimum Gasteiger partial charge on any atom is -0.391 e. The number of hydrogen-bond donors (Lipinski definition) is 0. The van der Waals surface area contributed by atoms with Crippen molar-refractivity contribution < 1.29 is 4.84 Å². The maximum Gasteiger partial charge on any atom is 0.142 e. The second-order valence-electron chi connectivity index (χ2n) is 4.99. The molecule has 0 saturated heterocycles. The summed E-state index contributed by atoms with van der Waals surface area (Å²) in [5, 5.41) is 4.06. The molecule has 21 heavy (non-hydrogen) atoms. The molecule has 2 aromatic rings. The topological polar surface area (TPSA) is 24.8 Å². The average Bonchev–Trinajstić information content (AvgIpc) is 2.53. The zero-order valence-electron chi connectivity index (χ0n) is 12.0. The van der Waals surface area contributed by atoms with Crippen LogP contribution >= 0.6 is 11.8 Å². The van der Waals surface area contributed by atoms with E-state index in [-0.39, 0.29) is 0 Å². The molecule has 0 bridgehead atoms. The number of benzene rings is 2. The second-order valence-corrected chi connectivity index (χ2v) is 6.13. The SMILES string of the molecule is CN1CCSc2cc(C=NOCc3ccccc3)ccc21. The molecule has 1 heterocycles. The van der Waals surface area contributed by atoms with Gasteiger partial charge in [0.2, 0.25) is 0 Å². The molecule has 0 radical (unpaired) electrons. The van der Waals surface area contributed by atoms with Gasteiger partial charge >= 0.3 is 0 Å². The number of fused-ring (bicyclic) bond motifs is 1. The molecule has 108 valence electrons. The van der Waals surface area contributed by atoms with Crippen molar-refractivity contribution in [2.24, 2.45) is 5.16 Å². The molecule has 0 N–H and O–H groups in total. The van der Waals surface area contributed by atoms with Gasteiger partial charge in [0, 0.05) is 24.2 Å². The summed E-state index contributed by atoms with van der Waals surface area (Å²) in [7, 11) is 2.13. The van der Waals surface area contributed by atoms with Crippen molar-refractivity contribution in [1.82, 2.24) is 0 Å². The fourth-order valence-corrected chi connectivity index (χ4v) is 3.42. The standard InChI is InChI=1S/C17H18N2OS/c1-19-9-10-21-17-11-15(7-8-16(17)19)12-18-20-13-14-5-3-2-4-6-14/h2-8,11-12H,9-10,13H2,1H3. The van der Waals surface area contributed by atoms with E-state index in [0.29, 0.717) is 6.61 Å². The lowest BCUT2D eigenvalue weighted by atomic mass is 10.2. The zero-order valence-corrected chi connectivity index (χ0v) is 12.8. The van der Waals surface area contributed by atoms with E-state index < -0.39 is 0 Å². The minimum absolute atomic E-state index is 0.500. The van der Waals surface area contributed by atoms with Crippen molar-refractivity contribution in [1.29, 1.82) is 0 Å². The number of oxime groups is 1. The van der Waals surface area contributed by atoms with E-state index in [1.165, 1.54) is 10.6 Å². The Kier molecular flexibility index (Phi) is 4.46. The van der Waals surface area contributed by atoms with Gasteiger partial charge in [0.05, 0.1) is 11.9 Å². The van der Waals surface area contributed by atoms with Gasteiger partial charge in [-0.05, 0) is 23.3 Å². The Labute approximate surface area is 129 Å². The van der Waals surface area contributed by atoms with E-state index in [0.717, 1.165) is 23.4 Å². The summed E-state index contributed by atoms with van der Waals surface area (Å²) >= 11 is 1.90. The van der Waals surface area contributed by atoms with Crippen LogP contribution in [0.25, 0.3) is 0 Å². The van der Waals surface area contributed by atoms with Crippen molar-refractivity contribution in [2.75, 3.05) is 24.2 Å². The molecule has 0 unspecified atom stereocenters. The van der Waals surface area contributed by atoms with Gasteiger partial charge < -0.3 is 9.74 Å². The third-order valence-corrected chi connectivity index (χ3v) is 4.45. The summed E-state index contributed by atoms with van der Waals surface area (Å²) in [6, 6.07) is 16.5. The highest BCUT2D eigenvalue weighted by Crippen LogP contribution is 2.34. The molecule has 0 amide bonds. The van der Waals surface area contributed by atoms with E-state index in [1.807, 2.05) is 42.1 Å². The third kappa shape index (κ3) is 3.58. The predicted molar refractivity (Wildman–Crippen MR) is 89.3 cm³/mol. The average molecular weight is 298 g/mol. The summed E-state index contributed by atoms with van der Waals surface area (Å²) < 4.78 is 0. The molecule has 1 aliphatic heterocycles. The number of thioether (sulfide) groups is 1. The van der Waals surface area contributed by atoms with Crippen LogP contribution in [0, 0.1) is 0 Å². The highest BCUT2D eigenvalue weighted by atomic mass is 32.2. The van der Waals surface area contributed by atoms with Gasteiger partial charge in [-0.25, -0.2) is 0 Å². The van der Waals surface area contributed by atoms with Crippen molar-refractivity contribution >= 4 is 23.7 Å². The summed E-state index contributed by atoms with van der Waals surface area (Å²) in [6.45, 7) is 1.60. The molecule has 3 rings (SSSR count). The highest BCUT2D eigenvalue weighted by Gasteiger charge is 2.13. The quantitative estimate of drug-likeness (QED) is 0.634. The van der Waals surface area contributed by atoms with Crippen molar-refractivity contribution in [3.05, 3.63) is 59.7 Å². The van der Waals surface area contributed by atoms with Gasteiger partial charge in [-0.15, -0.1) is 11.8 Å². The molecule has 0 spiro atoms. The van der Waals surface area contributed by atoms with Crippen LogP contribution in [0.2, 0.25) is 0 Å². The normalized spacial score (nSPS) is 14.2. The van der Waals surface area contributed by atoms with Crippen LogP contribution < -0.4 is 4.90 Å². The fourth-order valence-electron chi connectivity index (χ4n) is 2.24. The molecule has 3 nitrogen and oxygen atoms in total. The van der Waals surface area contributed by atoms with E-state index in [1.54, 1.807) is 6.21 Å². The minimum atomic E-state index is 0.500. The lowest BCUT2D eigenvalue weighted by Gasteiger charge is -2.26. The smallest absolute Gasteiger partial charge is 0.142 e. The van der Waals surface area contributed by atoms with Crippen molar-refractivity contribution in [2.45, 2.75) is 11.5 Å². The van der Waals surface area contributed by atoms with Gasteiger partial charge in [-0.3, -0.25) is 0 Å². The van der Waals surface area contributed by atoms with Crippen LogP contribution in [0.4, 0.5) is 5.69 Å². The van der Waals surface area contributed by atoms with Crippen LogP contribution in [-0.4, -0.2) is 25.6 Å². The molecule has 0 saturated carbocycles. The van der Waals surface area contributed by atoms with Crippen LogP contribution in [0.1, 0.15) is 11.1 Å². The summed E-state index contributed by atoms with van der Waals surface area (Å²) in [4.78, 5) is 8.95. The molecule has 1 aliphatic rings. The van der Waals surface area contributed by atoms with Gasteiger partial charge in [-0.1, -0.05) is 41.6 Å². The molecular formula is C17H18N2OS. The van der Waals surface area contributed by atoms with Crippen molar-refractivity contribution in [3.8, 4) is 0 Å².